The highest BCUT2D eigenvalue weighted by Crippen LogP contribution is 2.21. The zero-order chi connectivity index (χ0) is 10.6. The lowest BCUT2D eigenvalue weighted by Gasteiger charge is -2.17. The molecule has 1 aromatic heterocycles. The molecule has 0 N–H and O–H groups in total. The summed E-state index contributed by atoms with van der Waals surface area (Å²) in [5, 5.41) is 2.09. The highest BCUT2D eigenvalue weighted by Gasteiger charge is 2.09. The quantitative estimate of drug-likeness (QED) is 0.738. The third kappa shape index (κ3) is 5.13. The molecule has 1 heterocycles. The van der Waals surface area contributed by atoms with Gasteiger partial charge in [-0.2, -0.15) is 0 Å². The van der Waals surface area contributed by atoms with Gasteiger partial charge in [0.1, 0.15) is 0 Å². The molecule has 0 saturated heterocycles. The molecular weight excluding hydrogens is 260 g/mol. The van der Waals surface area contributed by atoms with Crippen LogP contribution >= 0.6 is 27.3 Å². The number of hydrogen-bond donors (Lipinski definition) is 0. The van der Waals surface area contributed by atoms with Crippen molar-refractivity contribution in [2.75, 3.05) is 6.61 Å². The molecule has 0 aliphatic rings. The Hall–Kier alpha value is 0.140. The zero-order valence-corrected chi connectivity index (χ0v) is 11.4. The zero-order valence-electron chi connectivity index (χ0n) is 8.97. The lowest BCUT2D eigenvalue weighted by atomic mass is 9.93. The molecule has 1 aromatic rings. The second-order valence-electron chi connectivity index (χ2n) is 4.59. The highest BCUT2D eigenvalue weighted by molar-refractivity contribution is 9.10. The minimum atomic E-state index is 0.371. The van der Waals surface area contributed by atoms with Gasteiger partial charge >= 0.3 is 0 Å². The average molecular weight is 277 g/mol. The van der Waals surface area contributed by atoms with Crippen molar-refractivity contribution >= 4 is 27.3 Å². The van der Waals surface area contributed by atoms with Gasteiger partial charge in [-0.3, -0.25) is 0 Å². The van der Waals surface area contributed by atoms with Crippen LogP contribution in [0, 0.1) is 5.41 Å². The summed E-state index contributed by atoms with van der Waals surface area (Å²) in [7, 11) is 0. The Morgan fingerprint density at radius 3 is 2.64 bits per heavy atom. The molecule has 3 heteroatoms. The summed E-state index contributed by atoms with van der Waals surface area (Å²) in [4.78, 5) is 1.28. The van der Waals surface area contributed by atoms with Gasteiger partial charge in [-0.1, -0.05) is 20.8 Å². The maximum Gasteiger partial charge on any atom is 0.0809 e. The van der Waals surface area contributed by atoms with Crippen LogP contribution in [-0.4, -0.2) is 6.61 Å². The average Bonchev–Trinajstić information content (AvgIpc) is 2.44. The second-order valence-corrected chi connectivity index (χ2v) is 6.51. The molecule has 0 aliphatic carbocycles. The third-order valence-electron chi connectivity index (χ3n) is 1.86. The first-order chi connectivity index (χ1) is 6.47. The van der Waals surface area contributed by atoms with Crippen molar-refractivity contribution < 1.29 is 4.74 Å². The Morgan fingerprint density at radius 1 is 1.43 bits per heavy atom. The summed E-state index contributed by atoms with van der Waals surface area (Å²) in [6, 6.07) is 2.11. The van der Waals surface area contributed by atoms with E-state index in [4.69, 9.17) is 4.74 Å². The summed E-state index contributed by atoms with van der Waals surface area (Å²) in [5.74, 6) is 0. The fourth-order valence-corrected chi connectivity index (χ4v) is 2.37. The molecule has 0 aliphatic heterocycles. The fourth-order valence-electron chi connectivity index (χ4n) is 0.981. The monoisotopic (exact) mass is 276 g/mol. The molecule has 0 amide bonds. The van der Waals surface area contributed by atoms with Gasteiger partial charge in [0.15, 0.2) is 0 Å². The van der Waals surface area contributed by atoms with Gasteiger partial charge in [0, 0.05) is 21.3 Å². The van der Waals surface area contributed by atoms with E-state index in [2.05, 4.69) is 48.1 Å². The standard InChI is InChI=1S/C11H17BrOS/c1-11(2,3)4-5-13-7-10-6-9(12)8-14-10/h6,8H,4-5,7H2,1-3H3. The first-order valence-corrected chi connectivity index (χ1v) is 6.45. The van der Waals surface area contributed by atoms with Crippen LogP contribution < -0.4 is 0 Å². The summed E-state index contributed by atoms with van der Waals surface area (Å²) in [5.41, 5.74) is 0.371. The molecule has 80 valence electrons. The van der Waals surface area contributed by atoms with Crippen molar-refractivity contribution in [1.82, 2.24) is 0 Å². The van der Waals surface area contributed by atoms with E-state index in [1.807, 2.05) is 0 Å². The molecule has 0 fully saturated rings. The maximum atomic E-state index is 5.60. The van der Waals surface area contributed by atoms with Crippen LogP contribution in [0.3, 0.4) is 0 Å². The molecule has 0 radical (unpaired) electrons. The van der Waals surface area contributed by atoms with Crippen LogP contribution in [0.4, 0.5) is 0 Å². The third-order valence-corrected chi connectivity index (χ3v) is 3.53. The molecular formula is C11H17BrOS. The molecule has 0 spiro atoms. The number of thiophene rings is 1. The summed E-state index contributed by atoms with van der Waals surface area (Å²) >= 11 is 5.16. The number of ether oxygens (including phenoxy) is 1. The Bertz CT molecular complexity index is 275. The van der Waals surface area contributed by atoms with Gasteiger partial charge in [0.2, 0.25) is 0 Å². The van der Waals surface area contributed by atoms with Crippen molar-refractivity contribution in [3.63, 3.8) is 0 Å². The van der Waals surface area contributed by atoms with E-state index in [0.717, 1.165) is 24.1 Å². The summed E-state index contributed by atoms with van der Waals surface area (Å²) in [6.07, 6.45) is 1.11. The smallest absolute Gasteiger partial charge is 0.0809 e. The molecule has 0 unspecified atom stereocenters. The number of halogens is 1. The molecule has 0 aromatic carbocycles. The lowest BCUT2D eigenvalue weighted by molar-refractivity contribution is 0.0979. The first-order valence-electron chi connectivity index (χ1n) is 4.78. The SMILES string of the molecule is CC(C)(C)CCOCc1cc(Br)cs1. The Balaban J connectivity index is 2.16. The van der Waals surface area contributed by atoms with Gasteiger partial charge in [0.05, 0.1) is 6.61 Å². The van der Waals surface area contributed by atoms with E-state index in [9.17, 15) is 0 Å². The van der Waals surface area contributed by atoms with E-state index >= 15 is 0 Å². The van der Waals surface area contributed by atoms with Crippen molar-refractivity contribution in [2.24, 2.45) is 5.41 Å². The Morgan fingerprint density at radius 2 is 2.14 bits per heavy atom. The maximum absolute atomic E-state index is 5.60. The van der Waals surface area contributed by atoms with Gasteiger partial charge in [-0.05, 0) is 33.8 Å². The molecule has 0 atom stereocenters. The van der Waals surface area contributed by atoms with E-state index in [1.54, 1.807) is 11.3 Å². The van der Waals surface area contributed by atoms with Crippen molar-refractivity contribution in [1.29, 1.82) is 0 Å². The van der Waals surface area contributed by atoms with Gasteiger partial charge in [0.25, 0.3) is 0 Å². The van der Waals surface area contributed by atoms with E-state index in [-0.39, 0.29) is 0 Å². The van der Waals surface area contributed by atoms with E-state index in [1.165, 1.54) is 4.88 Å². The number of hydrogen-bond acceptors (Lipinski definition) is 2. The predicted octanol–water partition coefficient (Wildman–Crippen LogP) is 4.46. The normalized spacial score (nSPS) is 12.0. The topological polar surface area (TPSA) is 9.23 Å². The van der Waals surface area contributed by atoms with Crippen LogP contribution in [0.5, 0.6) is 0 Å². The van der Waals surface area contributed by atoms with E-state index in [0.29, 0.717) is 5.41 Å². The minimum Gasteiger partial charge on any atom is -0.376 e. The van der Waals surface area contributed by atoms with Crippen LogP contribution in [0.15, 0.2) is 15.9 Å². The van der Waals surface area contributed by atoms with Crippen LogP contribution in [0.25, 0.3) is 0 Å². The van der Waals surface area contributed by atoms with Crippen LogP contribution in [0.2, 0.25) is 0 Å². The second kappa shape index (κ2) is 5.29. The molecule has 1 rings (SSSR count). The largest absolute Gasteiger partial charge is 0.376 e. The van der Waals surface area contributed by atoms with Gasteiger partial charge < -0.3 is 4.74 Å². The molecule has 0 bridgehead atoms. The fraction of sp³-hybridized carbons (Fsp3) is 0.636. The van der Waals surface area contributed by atoms with Crippen LogP contribution in [-0.2, 0) is 11.3 Å². The Kier molecular flexibility index (Phi) is 4.61. The first kappa shape index (κ1) is 12.2. The summed E-state index contributed by atoms with van der Waals surface area (Å²) < 4.78 is 6.75. The van der Waals surface area contributed by atoms with Crippen molar-refractivity contribution in [3.05, 3.63) is 20.8 Å². The lowest BCUT2D eigenvalue weighted by Crippen LogP contribution is -2.09. The van der Waals surface area contributed by atoms with Crippen molar-refractivity contribution in [2.45, 2.75) is 33.8 Å². The van der Waals surface area contributed by atoms with Crippen molar-refractivity contribution in [3.8, 4) is 0 Å². The molecule has 0 saturated carbocycles. The summed E-state index contributed by atoms with van der Waals surface area (Å²) in [6.45, 7) is 8.29. The predicted molar refractivity (Wildman–Crippen MR) is 65.7 cm³/mol. The molecule has 1 nitrogen and oxygen atoms in total. The number of rotatable bonds is 4. The van der Waals surface area contributed by atoms with Gasteiger partial charge in [-0.15, -0.1) is 11.3 Å². The van der Waals surface area contributed by atoms with Crippen LogP contribution in [0.1, 0.15) is 32.1 Å². The van der Waals surface area contributed by atoms with E-state index < -0.39 is 0 Å². The minimum absolute atomic E-state index is 0.371. The highest BCUT2D eigenvalue weighted by atomic mass is 79.9. The van der Waals surface area contributed by atoms with Gasteiger partial charge in [-0.25, -0.2) is 0 Å². The Labute approximate surface area is 98.6 Å². The molecule has 14 heavy (non-hydrogen) atoms.